The first kappa shape index (κ1) is 13.0. The van der Waals surface area contributed by atoms with Gasteiger partial charge in [-0.25, -0.2) is 5.10 Å². The molecule has 1 saturated heterocycles. The summed E-state index contributed by atoms with van der Waals surface area (Å²) in [5, 5.41) is 8.59. The zero-order valence-corrected chi connectivity index (χ0v) is 10.0. The second-order valence-corrected chi connectivity index (χ2v) is 3.73. The highest BCUT2D eigenvalue weighted by Crippen LogP contribution is 2.12. The van der Waals surface area contributed by atoms with Crippen LogP contribution >= 0.6 is 11.6 Å². The molecule has 2 heterocycles. The van der Waals surface area contributed by atoms with Crippen LogP contribution in [-0.2, 0) is 4.74 Å². The Kier molecular flexibility index (Phi) is 5.88. The van der Waals surface area contributed by atoms with Crippen molar-refractivity contribution in [1.82, 2.24) is 10.2 Å². The molecule has 0 atom stereocenters. The molecule has 1 aromatic rings. The van der Waals surface area contributed by atoms with Crippen molar-refractivity contribution in [3.63, 3.8) is 0 Å². The van der Waals surface area contributed by atoms with Crippen LogP contribution < -0.4 is 10.9 Å². The Balaban J connectivity index is 0.000000181. The quantitative estimate of drug-likeness (QED) is 0.790. The molecule has 90 valence electrons. The van der Waals surface area contributed by atoms with Gasteiger partial charge in [0, 0.05) is 20.3 Å². The zero-order chi connectivity index (χ0) is 11.8. The van der Waals surface area contributed by atoms with Gasteiger partial charge in [-0.1, -0.05) is 11.6 Å². The molecule has 0 spiro atoms. The summed E-state index contributed by atoms with van der Waals surface area (Å²) < 4.78 is 5.07. The van der Waals surface area contributed by atoms with Gasteiger partial charge in [0.1, 0.15) is 5.02 Å². The van der Waals surface area contributed by atoms with Crippen molar-refractivity contribution in [2.75, 3.05) is 25.6 Å². The molecule has 6 heteroatoms. The first-order valence-electron chi connectivity index (χ1n) is 5.24. The summed E-state index contributed by atoms with van der Waals surface area (Å²) in [5.74, 6) is 0. The summed E-state index contributed by atoms with van der Waals surface area (Å²) >= 11 is 5.55. The number of nitrogens with zero attached hydrogens (tertiary/aromatic N) is 1. The topological polar surface area (TPSA) is 67.0 Å². The molecule has 0 bridgehead atoms. The molecule has 2 rings (SSSR count). The van der Waals surface area contributed by atoms with Crippen molar-refractivity contribution in [3.8, 4) is 0 Å². The fourth-order valence-corrected chi connectivity index (χ4v) is 1.43. The van der Waals surface area contributed by atoms with Gasteiger partial charge in [0.05, 0.1) is 11.9 Å². The molecule has 1 fully saturated rings. The number of nitrogens with one attached hydrogen (secondary N) is 2. The third-order valence-corrected chi connectivity index (χ3v) is 2.52. The largest absolute Gasteiger partial charge is 0.385 e. The van der Waals surface area contributed by atoms with Gasteiger partial charge in [-0.15, -0.1) is 0 Å². The van der Waals surface area contributed by atoms with Gasteiger partial charge in [0.25, 0.3) is 5.56 Å². The molecular weight excluding hydrogens is 230 g/mol. The Morgan fingerprint density at radius 2 is 2.12 bits per heavy atom. The van der Waals surface area contributed by atoms with E-state index < -0.39 is 0 Å². The lowest BCUT2D eigenvalue weighted by molar-refractivity contribution is 0.0968. The second-order valence-electron chi connectivity index (χ2n) is 3.35. The van der Waals surface area contributed by atoms with E-state index in [1.165, 1.54) is 25.5 Å². The molecule has 0 radical (unpaired) electrons. The van der Waals surface area contributed by atoms with Crippen LogP contribution in [0.25, 0.3) is 0 Å². The molecule has 0 amide bonds. The SMILES string of the molecule is C1CCOCC1.CNc1cn[nH]c(=O)c1Cl. The number of hydrogen-bond acceptors (Lipinski definition) is 4. The lowest BCUT2D eigenvalue weighted by Crippen LogP contribution is -2.09. The maximum Gasteiger partial charge on any atom is 0.285 e. The monoisotopic (exact) mass is 245 g/mol. The second kappa shape index (κ2) is 7.24. The van der Waals surface area contributed by atoms with Crippen molar-refractivity contribution in [3.05, 3.63) is 21.6 Å². The Hall–Kier alpha value is -1.07. The third kappa shape index (κ3) is 4.20. The molecule has 1 aromatic heterocycles. The fraction of sp³-hybridized carbons (Fsp3) is 0.600. The van der Waals surface area contributed by atoms with Crippen molar-refractivity contribution < 1.29 is 4.74 Å². The fourth-order valence-electron chi connectivity index (χ4n) is 1.24. The van der Waals surface area contributed by atoms with Crippen LogP contribution in [0.1, 0.15) is 19.3 Å². The molecule has 2 N–H and O–H groups in total. The average molecular weight is 246 g/mol. The van der Waals surface area contributed by atoms with E-state index >= 15 is 0 Å². The van der Waals surface area contributed by atoms with Gasteiger partial charge < -0.3 is 10.1 Å². The molecule has 16 heavy (non-hydrogen) atoms. The Labute approximate surface area is 99.2 Å². The minimum Gasteiger partial charge on any atom is -0.385 e. The maximum atomic E-state index is 10.7. The lowest BCUT2D eigenvalue weighted by atomic mass is 10.2. The number of hydrogen-bond donors (Lipinski definition) is 2. The van der Waals surface area contributed by atoms with Crippen LogP contribution in [0.5, 0.6) is 0 Å². The van der Waals surface area contributed by atoms with Gasteiger partial charge in [-0.2, -0.15) is 5.10 Å². The smallest absolute Gasteiger partial charge is 0.285 e. The minimum atomic E-state index is -0.381. The molecule has 0 aromatic carbocycles. The molecule has 5 nitrogen and oxygen atoms in total. The molecule has 0 saturated carbocycles. The van der Waals surface area contributed by atoms with E-state index in [1.54, 1.807) is 7.05 Å². The predicted octanol–water partition coefficient (Wildman–Crippen LogP) is 1.65. The normalized spacial score (nSPS) is 14.9. The molecule has 0 aliphatic carbocycles. The maximum absolute atomic E-state index is 10.7. The Bertz CT molecular complexity index is 352. The highest BCUT2D eigenvalue weighted by atomic mass is 35.5. The summed E-state index contributed by atoms with van der Waals surface area (Å²) in [6, 6.07) is 0. The zero-order valence-electron chi connectivity index (χ0n) is 9.25. The Morgan fingerprint density at radius 1 is 1.44 bits per heavy atom. The summed E-state index contributed by atoms with van der Waals surface area (Å²) in [5.41, 5.74) is 0.152. The number of anilines is 1. The molecule has 1 aliphatic heterocycles. The summed E-state index contributed by atoms with van der Waals surface area (Å²) in [7, 11) is 1.67. The number of aromatic nitrogens is 2. The standard InChI is InChI=1S/C5H6ClN3O.C5H10O/c1-7-3-2-8-9-5(10)4(3)6;1-2-4-6-5-3-1/h2H,1H3,(H2,7,9,10);1-5H2. The number of aromatic amines is 1. The van der Waals surface area contributed by atoms with E-state index in [9.17, 15) is 4.79 Å². The van der Waals surface area contributed by atoms with Gasteiger partial charge >= 0.3 is 0 Å². The van der Waals surface area contributed by atoms with E-state index in [-0.39, 0.29) is 10.6 Å². The van der Waals surface area contributed by atoms with Crippen molar-refractivity contribution in [2.45, 2.75) is 19.3 Å². The summed E-state index contributed by atoms with van der Waals surface area (Å²) in [6.07, 6.45) is 5.38. The predicted molar refractivity (Wildman–Crippen MR) is 64.1 cm³/mol. The number of H-pyrrole nitrogens is 1. The highest BCUT2D eigenvalue weighted by molar-refractivity contribution is 6.32. The number of halogens is 1. The minimum absolute atomic E-state index is 0.137. The molecule has 1 aliphatic rings. The van der Waals surface area contributed by atoms with E-state index in [4.69, 9.17) is 16.3 Å². The van der Waals surface area contributed by atoms with Gasteiger partial charge in [0.2, 0.25) is 0 Å². The van der Waals surface area contributed by atoms with Crippen LogP contribution in [0.4, 0.5) is 5.69 Å². The van der Waals surface area contributed by atoms with Gasteiger partial charge in [0.15, 0.2) is 0 Å². The average Bonchev–Trinajstić information content (AvgIpc) is 2.36. The third-order valence-electron chi connectivity index (χ3n) is 2.14. The van der Waals surface area contributed by atoms with Crippen LogP contribution in [-0.4, -0.2) is 30.5 Å². The van der Waals surface area contributed by atoms with Crippen molar-refractivity contribution >= 4 is 17.3 Å². The van der Waals surface area contributed by atoms with E-state index in [0.717, 1.165) is 13.2 Å². The summed E-state index contributed by atoms with van der Waals surface area (Å²) in [4.78, 5) is 10.7. The highest BCUT2D eigenvalue weighted by Gasteiger charge is 2.00. The van der Waals surface area contributed by atoms with Crippen LogP contribution in [0.2, 0.25) is 5.02 Å². The van der Waals surface area contributed by atoms with E-state index in [1.807, 2.05) is 0 Å². The van der Waals surface area contributed by atoms with Crippen LogP contribution in [0.3, 0.4) is 0 Å². The summed E-state index contributed by atoms with van der Waals surface area (Å²) in [6.45, 7) is 2.00. The molecule has 0 unspecified atom stereocenters. The Morgan fingerprint density at radius 3 is 2.50 bits per heavy atom. The van der Waals surface area contributed by atoms with Crippen molar-refractivity contribution in [1.29, 1.82) is 0 Å². The number of ether oxygens (including phenoxy) is 1. The van der Waals surface area contributed by atoms with Gasteiger partial charge in [-0.05, 0) is 19.3 Å². The molecular formula is C10H16ClN3O2. The lowest BCUT2D eigenvalue weighted by Gasteiger charge is -2.08. The van der Waals surface area contributed by atoms with Gasteiger partial charge in [-0.3, -0.25) is 4.79 Å². The number of rotatable bonds is 1. The first-order chi connectivity index (χ1) is 7.75. The van der Waals surface area contributed by atoms with E-state index in [0.29, 0.717) is 5.69 Å². The van der Waals surface area contributed by atoms with E-state index in [2.05, 4.69) is 15.5 Å². The van der Waals surface area contributed by atoms with Crippen LogP contribution in [0, 0.1) is 0 Å². The van der Waals surface area contributed by atoms with Crippen LogP contribution in [0.15, 0.2) is 11.0 Å². The first-order valence-corrected chi connectivity index (χ1v) is 5.62. The van der Waals surface area contributed by atoms with Crippen molar-refractivity contribution in [2.24, 2.45) is 0 Å².